The van der Waals surface area contributed by atoms with E-state index in [-0.39, 0.29) is 12.5 Å². The monoisotopic (exact) mass is 398 g/mol. The second-order valence-electron chi connectivity index (χ2n) is 7.09. The molecule has 2 N–H and O–H groups in total. The first-order chi connectivity index (χ1) is 14.1. The molecule has 1 aliphatic heterocycles. The van der Waals surface area contributed by atoms with Gasteiger partial charge in [0.2, 0.25) is 5.91 Å². The number of likely N-dealkylation sites (N-methyl/N-ethyl adjacent to an activating group) is 1. The number of ether oxygens (including phenoxy) is 2. The van der Waals surface area contributed by atoms with Crippen LogP contribution in [0.5, 0.6) is 11.5 Å². The van der Waals surface area contributed by atoms with Crippen molar-refractivity contribution in [1.82, 2.24) is 10.2 Å². The van der Waals surface area contributed by atoms with Crippen LogP contribution in [-0.2, 0) is 4.79 Å². The summed E-state index contributed by atoms with van der Waals surface area (Å²) < 4.78 is 10.7. The van der Waals surface area contributed by atoms with Crippen molar-refractivity contribution in [3.8, 4) is 11.5 Å². The van der Waals surface area contributed by atoms with Crippen LogP contribution >= 0.6 is 0 Å². The van der Waals surface area contributed by atoms with Gasteiger partial charge < -0.3 is 29.9 Å². The number of benzene rings is 2. The van der Waals surface area contributed by atoms with Crippen LogP contribution in [0.2, 0.25) is 0 Å². The van der Waals surface area contributed by atoms with Crippen molar-refractivity contribution >= 4 is 17.3 Å². The average molecular weight is 399 g/mol. The van der Waals surface area contributed by atoms with Crippen molar-refractivity contribution < 1.29 is 14.3 Å². The maximum atomic E-state index is 12.1. The van der Waals surface area contributed by atoms with Gasteiger partial charge in [-0.05, 0) is 55.6 Å². The number of anilines is 2. The Kier molecular flexibility index (Phi) is 7.72. The summed E-state index contributed by atoms with van der Waals surface area (Å²) >= 11 is 0. The molecule has 7 heteroatoms. The molecule has 0 bridgehead atoms. The van der Waals surface area contributed by atoms with Crippen molar-refractivity contribution in [2.24, 2.45) is 0 Å². The molecule has 0 saturated carbocycles. The SMILES string of the molecule is COc1ccc(OCCNCC(=O)Nc2ccc(N3CCN(C)CC3)cc2)cc1. The molecule has 0 aromatic heterocycles. The minimum Gasteiger partial charge on any atom is -0.497 e. The molecule has 0 spiro atoms. The van der Waals surface area contributed by atoms with E-state index in [4.69, 9.17) is 9.47 Å². The zero-order valence-corrected chi connectivity index (χ0v) is 17.2. The smallest absolute Gasteiger partial charge is 0.238 e. The highest BCUT2D eigenvalue weighted by atomic mass is 16.5. The third-order valence-corrected chi connectivity index (χ3v) is 4.91. The second kappa shape index (κ2) is 10.7. The first-order valence-electron chi connectivity index (χ1n) is 9.95. The number of amides is 1. The first-order valence-corrected chi connectivity index (χ1v) is 9.95. The molecule has 1 heterocycles. The highest BCUT2D eigenvalue weighted by Crippen LogP contribution is 2.19. The van der Waals surface area contributed by atoms with Gasteiger partial charge in [-0.1, -0.05) is 0 Å². The standard InChI is InChI=1S/C22H30N4O3/c1-25-12-14-26(15-13-25)19-5-3-18(4-6-19)24-22(27)17-23-11-16-29-21-9-7-20(28-2)8-10-21/h3-10,23H,11-17H2,1-2H3,(H,24,27). The van der Waals surface area contributed by atoms with Crippen LogP contribution in [0.3, 0.4) is 0 Å². The predicted octanol–water partition coefficient (Wildman–Crippen LogP) is 2.05. The molecule has 7 nitrogen and oxygen atoms in total. The van der Waals surface area contributed by atoms with Crippen molar-refractivity contribution in [3.05, 3.63) is 48.5 Å². The maximum absolute atomic E-state index is 12.1. The molecule has 156 valence electrons. The minimum absolute atomic E-state index is 0.0678. The third-order valence-electron chi connectivity index (χ3n) is 4.91. The highest BCUT2D eigenvalue weighted by Gasteiger charge is 2.14. The summed E-state index contributed by atoms with van der Waals surface area (Å²) in [6.45, 7) is 5.53. The van der Waals surface area contributed by atoms with Crippen LogP contribution in [0.4, 0.5) is 11.4 Å². The molecule has 0 radical (unpaired) electrons. The molecule has 1 saturated heterocycles. The highest BCUT2D eigenvalue weighted by molar-refractivity contribution is 5.92. The Morgan fingerprint density at radius 2 is 1.62 bits per heavy atom. The number of carbonyl (C=O) groups is 1. The number of rotatable bonds is 9. The van der Waals surface area contributed by atoms with Gasteiger partial charge in [-0.2, -0.15) is 0 Å². The lowest BCUT2D eigenvalue weighted by molar-refractivity contribution is -0.115. The second-order valence-corrected chi connectivity index (χ2v) is 7.09. The summed E-state index contributed by atoms with van der Waals surface area (Å²) in [6.07, 6.45) is 0. The summed E-state index contributed by atoms with van der Waals surface area (Å²) in [6, 6.07) is 15.5. The van der Waals surface area contributed by atoms with Crippen molar-refractivity contribution in [2.45, 2.75) is 0 Å². The fourth-order valence-corrected chi connectivity index (χ4v) is 3.14. The van der Waals surface area contributed by atoms with Crippen LogP contribution in [-0.4, -0.2) is 70.8 Å². The fourth-order valence-electron chi connectivity index (χ4n) is 3.14. The van der Waals surface area contributed by atoms with Gasteiger partial charge in [-0.25, -0.2) is 0 Å². The summed E-state index contributed by atoms with van der Waals surface area (Å²) in [7, 11) is 3.78. The van der Waals surface area contributed by atoms with Gasteiger partial charge >= 0.3 is 0 Å². The summed E-state index contributed by atoms with van der Waals surface area (Å²) in [4.78, 5) is 16.8. The fraction of sp³-hybridized carbons (Fsp3) is 0.409. The van der Waals surface area contributed by atoms with Gasteiger partial charge in [0.15, 0.2) is 0 Å². The van der Waals surface area contributed by atoms with Gasteiger partial charge in [0, 0.05) is 44.1 Å². The lowest BCUT2D eigenvalue weighted by Crippen LogP contribution is -2.44. The lowest BCUT2D eigenvalue weighted by atomic mass is 10.2. The number of carbonyl (C=O) groups excluding carboxylic acids is 1. The topological polar surface area (TPSA) is 66.1 Å². The molecular formula is C22H30N4O3. The van der Waals surface area contributed by atoms with Crippen LogP contribution in [0.15, 0.2) is 48.5 Å². The maximum Gasteiger partial charge on any atom is 0.238 e. The van der Waals surface area contributed by atoms with E-state index >= 15 is 0 Å². The number of nitrogens with one attached hydrogen (secondary N) is 2. The lowest BCUT2D eigenvalue weighted by Gasteiger charge is -2.34. The molecule has 2 aromatic carbocycles. The number of methoxy groups -OCH3 is 1. The summed E-state index contributed by atoms with van der Waals surface area (Å²) in [5.41, 5.74) is 2.01. The molecule has 2 aromatic rings. The van der Waals surface area contributed by atoms with Gasteiger partial charge in [-0.15, -0.1) is 0 Å². The van der Waals surface area contributed by atoms with E-state index in [1.165, 1.54) is 5.69 Å². The molecular weight excluding hydrogens is 368 g/mol. The molecule has 0 unspecified atom stereocenters. The molecule has 3 rings (SSSR count). The van der Waals surface area contributed by atoms with E-state index in [0.29, 0.717) is 13.2 Å². The summed E-state index contributed by atoms with van der Waals surface area (Å²) in [5.74, 6) is 1.50. The largest absolute Gasteiger partial charge is 0.497 e. The van der Waals surface area contributed by atoms with Crippen molar-refractivity contribution in [2.75, 3.05) is 70.2 Å². The number of piperazine rings is 1. The molecule has 1 amide bonds. The predicted molar refractivity (Wildman–Crippen MR) is 116 cm³/mol. The zero-order valence-electron chi connectivity index (χ0n) is 17.2. The quantitative estimate of drug-likeness (QED) is 0.631. The molecule has 1 aliphatic rings. The minimum atomic E-state index is -0.0678. The van der Waals surface area contributed by atoms with Crippen LogP contribution in [0.25, 0.3) is 0 Å². The molecule has 0 atom stereocenters. The van der Waals surface area contributed by atoms with E-state index in [9.17, 15) is 4.79 Å². The Labute approximate surface area is 172 Å². The zero-order chi connectivity index (χ0) is 20.5. The summed E-state index contributed by atoms with van der Waals surface area (Å²) in [5, 5.41) is 6.01. The van der Waals surface area contributed by atoms with Gasteiger partial charge in [0.05, 0.1) is 13.7 Å². The number of hydrogen-bond donors (Lipinski definition) is 2. The van der Waals surface area contributed by atoms with E-state index in [2.05, 4.69) is 39.6 Å². The third kappa shape index (κ3) is 6.66. The number of nitrogens with zero attached hydrogens (tertiary/aromatic N) is 2. The van der Waals surface area contributed by atoms with Crippen LogP contribution in [0.1, 0.15) is 0 Å². The Morgan fingerprint density at radius 3 is 2.28 bits per heavy atom. The van der Waals surface area contributed by atoms with Crippen LogP contribution in [0, 0.1) is 0 Å². The van der Waals surface area contributed by atoms with E-state index in [0.717, 1.165) is 43.4 Å². The van der Waals surface area contributed by atoms with Gasteiger partial charge in [-0.3, -0.25) is 4.79 Å². The van der Waals surface area contributed by atoms with Crippen LogP contribution < -0.4 is 25.0 Å². The van der Waals surface area contributed by atoms with E-state index in [1.807, 2.05) is 36.4 Å². The first kappa shape index (κ1) is 21.0. The number of hydrogen-bond acceptors (Lipinski definition) is 6. The van der Waals surface area contributed by atoms with Gasteiger partial charge in [0.25, 0.3) is 0 Å². The van der Waals surface area contributed by atoms with E-state index in [1.54, 1.807) is 7.11 Å². The van der Waals surface area contributed by atoms with Crippen molar-refractivity contribution in [3.63, 3.8) is 0 Å². The Balaban J connectivity index is 1.32. The van der Waals surface area contributed by atoms with Crippen molar-refractivity contribution in [1.29, 1.82) is 0 Å². The molecule has 0 aliphatic carbocycles. The molecule has 29 heavy (non-hydrogen) atoms. The normalized spacial score (nSPS) is 14.5. The van der Waals surface area contributed by atoms with E-state index < -0.39 is 0 Å². The molecule has 1 fully saturated rings. The Morgan fingerprint density at radius 1 is 0.966 bits per heavy atom. The Hall–Kier alpha value is -2.77. The Bertz CT molecular complexity index is 757. The van der Waals surface area contributed by atoms with Gasteiger partial charge in [0.1, 0.15) is 18.1 Å². The average Bonchev–Trinajstić information content (AvgIpc) is 2.75.